The summed E-state index contributed by atoms with van der Waals surface area (Å²) in [5, 5.41) is 9.95. The number of rotatable bonds is 6. The molecule has 0 radical (unpaired) electrons. The number of hydrogen-bond acceptors (Lipinski definition) is 5. The summed E-state index contributed by atoms with van der Waals surface area (Å²) in [6, 6.07) is 14.8. The minimum atomic E-state index is -1.03. The lowest BCUT2D eigenvalue weighted by Gasteiger charge is -2.10. The fourth-order valence-corrected chi connectivity index (χ4v) is 2.07. The average molecular weight is 326 g/mol. The molecule has 0 saturated carbocycles. The van der Waals surface area contributed by atoms with E-state index in [-0.39, 0.29) is 5.76 Å². The Labute approximate surface area is 140 Å². The highest BCUT2D eigenvalue weighted by molar-refractivity contribution is 6.39. The van der Waals surface area contributed by atoms with Crippen molar-refractivity contribution in [2.45, 2.75) is 13.5 Å². The van der Waals surface area contributed by atoms with Crippen LogP contribution in [0.5, 0.6) is 5.75 Å². The van der Waals surface area contributed by atoms with Crippen LogP contribution in [0.1, 0.15) is 16.7 Å². The van der Waals surface area contributed by atoms with E-state index in [4.69, 9.17) is 4.74 Å². The van der Waals surface area contributed by atoms with E-state index in [1.165, 1.54) is 0 Å². The van der Waals surface area contributed by atoms with Crippen LogP contribution in [-0.4, -0.2) is 24.0 Å². The normalized spacial score (nSPS) is 11.0. The molecule has 0 spiro atoms. The van der Waals surface area contributed by atoms with Crippen LogP contribution in [0.15, 0.2) is 54.6 Å². The Bertz CT molecular complexity index is 763. The number of esters is 1. The molecule has 0 bridgehead atoms. The van der Waals surface area contributed by atoms with Crippen molar-refractivity contribution in [3.63, 3.8) is 0 Å². The largest absolute Gasteiger partial charge is 0.507 e. The standard InChI is InChI=1S/C19H18O5/c1-13-10-15(16(20)11-17(21)19(22)23-2)8-9-18(13)24-12-14-6-4-3-5-7-14/h3-11,20H,12H2,1-2H3/b16-11+. The number of carbonyl (C=O) groups excluding carboxylic acids is 2. The van der Waals surface area contributed by atoms with Crippen molar-refractivity contribution in [2.75, 3.05) is 7.11 Å². The monoisotopic (exact) mass is 326 g/mol. The van der Waals surface area contributed by atoms with Crippen molar-refractivity contribution >= 4 is 17.5 Å². The smallest absolute Gasteiger partial charge is 0.378 e. The number of carbonyl (C=O) groups is 2. The minimum Gasteiger partial charge on any atom is -0.507 e. The first kappa shape index (κ1) is 17.3. The van der Waals surface area contributed by atoms with Gasteiger partial charge in [-0.1, -0.05) is 30.3 Å². The summed E-state index contributed by atoms with van der Waals surface area (Å²) in [5.41, 5.74) is 2.26. The molecule has 2 aromatic rings. The molecular formula is C19H18O5. The molecule has 5 heteroatoms. The third kappa shape index (κ3) is 4.46. The summed E-state index contributed by atoms with van der Waals surface area (Å²) in [4.78, 5) is 22.5. The molecule has 0 aliphatic heterocycles. The predicted octanol–water partition coefficient (Wildman–Crippen LogP) is 3.22. The fraction of sp³-hybridized carbons (Fsp3) is 0.158. The number of aliphatic hydroxyl groups is 1. The van der Waals surface area contributed by atoms with Crippen LogP contribution in [0.2, 0.25) is 0 Å². The topological polar surface area (TPSA) is 72.8 Å². The number of hydrogen-bond donors (Lipinski definition) is 1. The second-order valence-corrected chi connectivity index (χ2v) is 5.14. The van der Waals surface area contributed by atoms with E-state index in [0.29, 0.717) is 17.9 Å². The van der Waals surface area contributed by atoms with Crippen LogP contribution in [-0.2, 0) is 20.9 Å². The third-order valence-electron chi connectivity index (χ3n) is 3.36. The highest BCUT2D eigenvalue weighted by atomic mass is 16.5. The zero-order valence-corrected chi connectivity index (χ0v) is 13.5. The predicted molar refractivity (Wildman–Crippen MR) is 89.6 cm³/mol. The molecular weight excluding hydrogens is 308 g/mol. The maximum absolute atomic E-state index is 11.4. The molecule has 2 aromatic carbocycles. The zero-order valence-electron chi connectivity index (χ0n) is 13.5. The molecule has 5 nitrogen and oxygen atoms in total. The summed E-state index contributed by atoms with van der Waals surface area (Å²) >= 11 is 0. The van der Waals surface area contributed by atoms with Crippen molar-refractivity contribution in [1.82, 2.24) is 0 Å². The van der Waals surface area contributed by atoms with E-state index in [0.717, 1.165) is 24.3 Å². The molecule has 0 saturated heterocycles. The molecule has 0 amide bonds. The summed E-state index contributed by atoms with van der Waals surface area (Å²) in [7, 11) is 1.11. The Morgan fingerprint density at radius 2 is 1.83 bits per heavy atom. The number of benzene rings is 2. The molecule has 24 heavy (non-hydrogen) atoms. The molecule has 0 aromatic heterocycles. The van der Waals surface area contributed by atoms with E-state index in [2.05, 4.69) is 4.74 Å². The van der Waals surface area contributed by atoms with Gasteiger partial charge >= 0.3 is 5.97 Å². The Morgan fingerprint density at radius 1 is 1.12 bits per heavy atom. The van der Waals surface area contributed by atoms with Gasteiger partial charge in [0.1, 0.15) is 18.1 Å². The molecule has 0 aliphatic rings. The number of aryl methyl sites for hydroxylation is 1. The highest BCUT2D eigenvalue weighted by Crippen LogP contribution is 2.23. The molecule has 0 aliphatic carbocycles. The van der Waals surface area contributed by atoms with Crippen molar-refractivity contribution < 1.29 is 24.2 Å². The van der Waals surface area contributed by atoms with Crippen LogP contribution in [0.3, 0.4) is 0 Å². The fourth-order valence-electron chi connectivity index (χ4n) is 2.07. The number of ether oxygens (including phenoxy) is 2. The lowest BCUT2D eigenvalue weighted by Crippen LogP contribution is -2.13. The quantitative estimate of drug-likeness (QED) is 0.382. The second-order valence-electron chi connectivity index (χ2n) is 5.14. The molecule has 0 unspecified atom stereocenters. The number of ketones is 1. The Kier molecular flexibility index (Phi) is 5.73. The summed E-state index contributed by atoms with van der Waals surface area (Å²) in [6.45, 7) is 2.27. The van der Waals surface area contributed by atoms with Gasteiger partial charge in [-0.05, 0) is 36.2 Å². The molecule has 2 rings (SSSR count). The maximum atomic E-state index is 11.4. The van der Waals surface area contributed by atoms with Gasteiger partial charge < -0.3 is 14.6 Å². The minimum absolute atomic E-state index is 0.303. The summed E-state index contributed by atoms with van der Waals surface area (Å²) < 4.78 is 10.1. The van der Waals surface area contributed by atoms with Gasteiger partial charge in [-0.15, -0.1) is 0 Å². The van der Waals surface area contributed by atoms with Gasteiger partial charge in [-0.25, -0.2) is 4.79 Å². The second kappa shape index (κ2) is 7.97. The first-order chi connectivity index (χ1) is 11.5. The van der Waals surface area contributed by atoms with E-state index in [9.17, 15) is 14.7 Å². The maximum Gasteiger partial charge on any atom is 0.378 e. The van der Waals surface area contributed by atoms with E-state index >= 15 is 0 Å². The molecule has 0 fully saturated rings. The van der Waals surface area contributed by atoms with Crippen LogP contribution in [0.4, 0.5) is 0 Å². The first-order valence-corrected chi connectivity index (χ1v) is 7.32. The molecule has 0 atom stereocenters. The molecule has 1 N–H and O–H groups in total. The van der Waals surface area contributed by atoms with E-state index < -0.39 is 11.8 Å². The van der Waals surface area contributed by atoms with Crippen molar-refractivity contribution in [2.24, 2.45) is 0 Å². The SMILES string of the molecule is COC(=O)C(=O)/C=C(/O)c1ccc(OCc2ccccc2)c(C)c1. The van der Waals surface area contributed by atoms with Crippen molar-refractivity contribution in [3.8, 4) is 5.75 Å². The lowest BCUT2D eigenvalue weighted by atomic mass is 10.1. The van der Waals surface area contributed by atoms with Crippen molar-refractivity contribution in [3.05, 3.63) is 71.3 Å². The van der Waals surface area contributed by atoms with Crippen molar-refractivity contribution in [1.29, 1.82) is 0 Å². The summed E-state index contributed by atoms with van der Waals surface area (Å²) in [5.74, 6) is -1.57. The van der Waals surface area contributed by atoms with Crippen LogP contribution in [0, 0.1) is 6.92 Å². The summed E-state index contributed by atoms with van der Waals surface area (Å²) in [6.07, 6.45) is 0.838. The van der Waals surface area contributed by atoms with E-state index in [1.54, 1.807) is 18.2 Å². The number of methoxy groups -OCH3 is 1. The highest BCUT2D eigenvalue weighted by Gasteiger charge is 2.13. The molecule has 124 valence electrons. The average Bonchev–Trinajstić information content (AvgIpc) is 2.60. The van der Waals surface area contributed by atoms with Gasteiger partial charge in [0.2, 0.25) is 0 Å². The van der Waals surface area contributed by atoms with Gasteiger partial charge in [-0.2, -0.15) is 0 Å². The Hall–Kier alpha value is -3.08. The van der Waals surface area contributed by atoms with Gasteiger partial charge in [0, 0.05) is 11.6 Å². The van der Waals surface area contributed by atoms with Crippen LogP contribution in [0.25, 0.3) is 5.76 Å². The molecule has 0 heterocycles. The van der Waals surface area contributed by atoms with Crippen LogP contribution < -0.4 is 4.74 Å². The van der Waals surface area contributed by atoms with Crippen LogP contribution >= 0.6 is 0 Å². The number of aliphatic hydroxyl groups excluding tert-OH is 1. The van der Waals surface area contributed by atoms with Gasteiger partial charge in [0.15, 0.2) is 0 Å². The van der Waals surface area contributed by atoms with Gasteiger partial charge in [-0.3, -0.25) is 4.79 Å². The lowest BCUT2D eigenvalue weighted by molar-refractivity contribution is -0.149. The van der Waals surface area contributed by atoms with Gasteiger partial charge in [0.05, 0.1) is 7.11 Å². The Balaban J connectivity index is 2.10. The Morgan fingerprint density at radius 3 is 2.46 bits per heavy atom. The third-order valence-corrected chi connectivity index (χ3v) is 3.36. The zero-order chi connectivity index (χ0) is 17.5. The van der Waals surface area contributed by atoms with Gasteiger partial charge in [0.25, 0.3) is 5.78 Å². The first-order valence-electron chi connectivity index (χ1n) is 7.32. The van der Waals surface area contributed by atoms with E-state index in [1.807, 2.05) is 37.3 Å².